The first kappa shape index (κ1) is 31.0. The van der Waals surface area contributed by atoms with Gasteiger partial charge in [0.25, 0.3) is 0 Å². The topological polar surface area (TPSA) is 23.4 Å². The summed E-state index contributed by atoms with van der Waals surface area (Å²) in [6.07, 6.45) is 5.45. The first-order valence-electron chi connectivity index (χ1n) is 19.0. The van der Waals surface area contributed by atoms with Crippen molar-refractivity contribution in [2.24, 2.45) is 5.92 Å². The Morgan fingerprint density at radius 3 is 2.13 bits per heavy atom. The molecule has 7 aromatic carbocycles. The lowest BCUT2D eigenvalue weighted by Crippen LogP contribution is -2.26. The molecule has 54 heavy (non-hydrogen) atoms. The van der Waals surface area contributed by atoms with Crippen LogP contribution < -0.4 is 9.47 Å². The molecule has 0 radical (unpaired) electrons. The van der Waals surface area contributed by atoms with E-state index < -0.39 is 0 Å². The van der Waals surface area contributed by atoms with Gasteiger partial charge in [-0.15, -0.1) is 0 Å². The summed E-state index contributed by atoms with van der Waals surface area (Å²) in [6, 6.07) is 59.0. The van der Waals surface area contributed by atoms with Crippen molar-refractivity contribution >= 4 is 21.8 Å². The summed E-state index contributed by atoms with van der Waals surface area (Å²) in [6.45, 7) is 2.31. The fourth-order valence-corrected chi connectivity index (χ4v) is 9.34. The molecule has 8 aromatic rings. The van der Waals surface area contributed by atoms with Crippen LogP contribution in [0.25, 0.3) is 49.7 Å². The van der Waals surface area contributed by atoms with Crippen LogP contribution in [-0.4, -0.2) is 4.57 Å². The molecule has 0 saturated carbocycles. The minimum absolute atomic E-state index is 0.0140. The Kier molecular flexibility index (Phi) is 7.03. The number of aromatic nitrogens is 1. The number of para-hydroxylation sites is 4. The highest BCUT2D eigenvalue weighted by atomic mass is 16.5. The van der Waals surface area contributed by atoms with Gasteiger partial charge in [-0.05, 0) is 83.1 Å². The second kappa shape index (κ2) is 12.2. The predicted molar refractivity (Wildman–Crippen MR) is 220 cm³/mol. The third-order valence-corrected chi connectivity index (χ3v) is 11.7. The van der Waals surface area contributed by atoms with Crippen LogP contribution in [0.1, 0.15) is 41.9 Å². The van der Waals surface area contributed by atoms with E-state index in [1.54, 1.807) is 0 Å². The molecule has 3 nitrogen and oxygen atoms in total. The van der Waals surface area contributed by atoms with Crippen molar-refractivity contribution in [1.82, 2.24) is 4.57 Å². The maximum atomic E-state index is 6.97. The van der Waals surface area contributed by atoms with Gasteiger partial charge in [0.15, 0.2) is 0 Å². The van der Waals surface area contributed by atoms with E-state index in [2.05, 4.69) is 187 Å². The van der Waals surface area contributed by atoms with Crippen LogP contribution in [0.5, 0.6) is 17.2 Å². The Morgan fingerprint density at radius 2 is 1.24 bits per heavy atom. The Balaban J connectivity index is 1.16. The number of ether oxygens (including phenoxy) is 2. The summed E-state index contributed by atoms with van der Waals surface area (Å²) in [4.78, 5) is 0. The molecule has 0 spiro atoms. The zero-order valence-electron chi connectivity index (χ0n) is 29.9. The predicted octanol–water partition coefficient (Wildman–Crippen LogP) is 13.4. The average molecular weight is 696 g/mol. The lowest BCUT2D eigenvalue weighted by molar-refractivity contribution is 0.375. The number of hydrogen-bond acceptors (Lipinski definition) is 2. The SMILES string of the molecule is CC1C=CC2=C(C1)C(C1c3ccccc3Oc3cccc(-c4ccc5c(c4)c4ccccc4n5-c4ccccc4)c31)c1cccc(-c3ccccc3)c1O2. The van der Waals surface area contributed by atoms with E-state index in [0.717, 1.165) is 46.2 Å². The van der Waals surface area contributed by atoms with Crippen LogP contribution in [0.15, 0.2) is 187 Å². The van der Waals surface area contributed by atoms with Crippen molar-refractivity contribution in [2.45, 2.75) is 25.2 Å². The minimum atomic E-state index is -0.0140. The quantitative estimate of drug-likeness (QED) is 0.183. The first-order valence-corrected chi connectivity index (χ1v) is 19.0. The molecular weight excluding hydrogens is 659 g/mol. The Morgan fingerprint density at radius 1 is 0.537 bits per heavy atom. The van der Waals surface area contributed by atoms with E-state index in [1.165, 1.54) is 55.2 Å². The van der Waals surface area contributed by atoms with Crippen molar-refractivity contribution in [3.63, 3.8) is 0 Å². The van der Waals surface area contributed by atoms with Gasteiger partial charge in [0, 0.05) is 50.5 Å². The molecule has 0 bridgehead atoms. The molecule has 3 atom stereocenters. The highest BCUT2D eigenvalue weighted by molar-refractivity contribution is 6.10. The largest absolute Gasteiger partial charge is 0.457 e. The number of allylic oxidation sites excluding steroid dienone is 3. The van der Waals surface area contributed by atoms with Crippen molar-refractivity contribution in [3.8, 4) is 45.2 Å². The Labute approximate surface area is 315 Å². The van der Waals surface area contributed by atoms with Crippen molar-refractivity contribution in [1.29, 1.82) is 0 Å². The van der Waals surface area contributed by atoms with Gasteiger partial charge in [-0.25, -0.2) is 0 Å². The van der Waals surface area contributed by atoms with Crippen molar-refractivity contribution in [2.75, 3.05) is 0 Å². The highest BCUT2D eigenvalue weighted by Gasteiger charge is 2.43. The standard InChI is InChI=1S/C51H37NO2/c1-32-26-29-46-42(30-32)48(40-22-12-21-37(51(40)54-46)33-14-4-2-5-15-33)50-39-19-9-11-24-45(39)53-47-25-13-20-36(49(47)50)34-27-28-44-41(31-34)38-18-8-10-23-43(38)52(44)35-16-6-3-7-17-35/h2-29,31-32,48,50H,30H2,1H3. The molecule has 1 aromatic heterocycles. The number of benzene rings is 7. The van der Waals surface area contributed by atoms with E-state index in [1.807, 2.05) is 0 Å². The Bertz CT molecular complexity index is 2830. The van der Waals surface area contributed by atoms with Gasteiger partial charge in [-0.2, -0.15) is 0 Å². The van der Waals surface area contributed by atoms with Gasteiger partial charge in [0.05, 0.1) is 11.0 Å². The highest BCUT2D eigenvalue weighted by Crippen LogP contribution is 2.60. The van der Waals surface area contributed by atoms with Crippen LogP contribution in [0.4, 0.5) is 0 Å². The second-order valence-electron chi connectivity index (χ2n) is 14.9. The van der Waals surface area contributed by atoms with Gasteiger partial charge < -0.3 is 14.0 Å². The van der Waals surface area contributed by atoms with Crippen LogP contribution >= 0.6 is 0 Å². The molecular formula is C51H37NO2. The number of hydrogen-bond donors (Lipinski definition) is 0. The smallest absolute Gasteiger partial charge is 0.139 e. The van der Waals surface area contributed by atoms with E-state index >= 15 is 0 Å². The van der Waals surface area contributed by atoms with Crippen LogP contribution in [-0.2, 0) is 0 Å². The molecule has 3 heteroatoms. The maximum absolute atomic E-state index is 6.97. The van der Waals surface area contributed by atoms with Crippen molar-refractivity contribution < 1.29 is 9.47 Å². The van der Waals surface area contributed by atoms with E-state index in [9.17, 15) is 0 Å². The third kappa shape index (κ3) is 4.75. The molecule has 0 fully saturated rings. The molecule has 0 amide bonds. The van der Waals surface area contributed by atoms with Crippen LogP contribution in [0.3, 0.4) is 0 Å². The molecule has 3 unspecified atom stereocenters. The zero-order chi connectivity index (χ0) is 35.8. The summed E-state index contributed by atoms with van der Waals surface area (Å²) in [7, 11) is 0. The summed E-state index contributed by atoms with van der Waals surface area (Å²) in [5.41, 5.74) is 13.2. The van der Waals surface area contributed by atoms with E-state index in [-0.39, 0.29) is 11.8 Å². The average Bonchev–Trinajstić information content (AvgIpc) is 3.56. The molecule has 1 aliphatic carbocycles. The van der Waals surface area contributed by atoms with Gasteiger partial charge >= 0.3 is 0 Å². The number of fused-ring (bicyclic) bond motifs is 6. The van der Waals surface area contributed by atoms with E-state index in [0.29, 0.717) is 5.92 Å². The summed E-state index contributed by atoms with van der Waals surface area (Å²) in [5, 5.41) is 2.48. The molecule has 0 saturated heterocycles. The van der Waals surface area contributed by atoms with Gasteiger partial charge in [0.2, 0.25) is 0 Å². The minimum Gasteiger partial charge on any atom is -0.457 e. The van der Waals surface area contributed by atoms with Crippen LogP contribution in [0, 0.1) is 5.92 Å². The molecule has 3 aliphatic rings. The molecule has 3 heterocycles. The summed E-state index contributed by atoms with van der Waals surface area (Å²) >= 11 is 0. The fourth-order valence-electron chi connectivity index (χ4n) is 9.34. The zero-order valence-corrected chi connectivity index (χ0v) is 29.9. The van der Waals surface area contributed by atoms with Crippen molar-refractivity contribution in [3.05, 3.63) is 204 Å². The van der Waals surface area contributed by atoms with Crippen LogP contribution in [0.2, 0.25) is 0 Å². The normalized spacial score (nSPS) is 18.4. The number of nitrogens with zero attached hydrogens (tertiary/aromatic N) is 1. The van der Waals surface area contributed by atoms with Gasteiger partial charge in [0.1, 0.15) is 23.0 Å². The Hall–Kier alpha value is -6.58. The molecule has 2 aliphatic heterocycles. The third-order valence-electron chi connectivity index (χ3n) is 11.7. The molecule has 0 N–H and O–H groups in total. The molecule has 11 rings (SSSR count). The monoisotopic (exact) mass is 695 g/mol. The summed E-state index contributed by atoms with van der Waals surface area (Å²) in [5.74, 6) is 4.19. The first-order chi connectivity index (χ1) is 26.7. The van der Waals surface area contributed by atoms with E-state index in [4.69, 9.17) is 9.47 Å². The maximum Gasteiger partial charge on any atom is 0.139 e. The second-order valence-corrected chi connectivity index (χ2v) is 14.9. The fraction of sp³-hybridized carbons (Fsp3) is 0.0980. The lowest BCUT2D eigenvalue weighted by atomic mass is 9.67. The van der Waals surface area contributed by atoms with Gasteiger partial charge in [-0.1, -0.05) is 134 Å². The summed E-state index contributed by atoms with van der Waals surface area (Å²) < 4.78 is 16.2. The lowest BCUT2D eigenvalue weighted by Gasteiger charge is -2.41. The molecule has 258 valence electrons. The van der Waals surface area contributed by atoms with Gasteiger partial charge in [-0.3, -0.25) is 0 Å². The number of rotatable bonds is 4.